The summed E-state index contributed by atoms with van der Waals surface area (Å²) in [5.74, 6) is 0.0425. The summed E-state index contributed by atoms with van der Waals surface area (Å²) in [6.07, 6.45) is 6.77. The lowest BCUT2D eigenvalue weighted by molar-refractivity contribution is 0.0978. The van der Waals surface area contributed by atoms with Gasteiger partial charge in [-0.05, 0) is 139 Å². The monoisotopic (exact) mass is 784 g/mol. The van der Waals surface area contributed by atoms with Gasteiger partial charge in [-0.2, -0.15) is 8.61 Å². The second-order valence-corrected chi connectivity index (χ2v) is 22.4. The van der Waals surface area contributed by atoms with Crippen LogP contribution in [0.3, 0.4) is 0 Å². The van der Waals surface area contributed by atoms with Gasteiger partial charge in [-0.25, -0.2) is 16.8 Å². The Morgan fingerprint density at radius 1 is 0.500 bits per heavy atom. The molecule has 0 unspecified atom stereocenters. The smallest absolute Gasteiger partial charge is 0.243 e. The van der Waals surface area contributed by atoms with Gasteiger partial charge in [-0.1, -0.05) is 41.5 Å². The van der Waals surface area contributed by atoms with Crippen molar-refractivity contribution in [2.24, 2.45) is 22.7 Å². The van der Waals surface area contributed by atoms with Crippen LogP contribution in [0.1, 0.15) is 125 Å². The fourth-order valence-corrected chi connectivity index (χ4v) is 12.2. The van der Waals surface area contributed by atoms with E-state index in [0.29, 0.717) is 38.0 Å². The Kier molecular flexibility index (Phi) is 12.8. The van der Waals surface area contributed by atoms with Crippen molar-refractivity contribution in [3.63, 3.8) is 0 Å². The molecule has 10 nitrogen and oxygen atoms in total. The number of likely N-dealkylation sites (N-methyl/N-ethyl adjacent to an activating group) is 2. The van der Waals surface area contributed by atoms with Gasteiger partial charge in [0, 0.05) is 60.5 Å². The van der Waals surface area contributed by atoms with Gasteiger partial charge in [-0.15, -0.1) is 0 Å². The molecule has 0 spiro atoms. The third kappa shape index (κ3) is 9.05. The molecule has 12 heteroatoms. The highest BCUT2D eigenvalue weighted by Gasteiger charge is 2.40. The van der Waals surface area contributed by atoms with E-state index in [1.165, 1.54) is 36.4 Å². The van der Waals surface area contributed by atoms with Crippen LogP contribution in [-0.4, -0.2) is 113 Å². The van der Waals surface area contributed by atoms with Crippen molar-refractivity contribution in [2.45, 2.75) is 115 Å². The molecule has 0 saturated heterocycles. The molecular weight excluding hydrogens is 721 g/mol. The number of benzene rings is 2. The molecular formula is C42H64N4O6S2. The molecule has 3 aliphatic rings. The first-order valence-electron chi connectivity index (χ1n) is 19.7. The van der Waals surface area contributed by atoms with Gasteiger partial charge >= 0.3 is 0 Å². The lowest BCUT2D eigenvalue weighted by Crippen LogP contribution is -2.46. The zero-order valence-electron chi connectivity index (χ0n) is 34.3. The molecule has 2 aromatic rings. The highest BCUT2D eigenvalue weighted by atomic mass is 32.2. The molecule has 0 aromatic heterocycles. The minimum absolute atomic E-state index is 0.0166. The number of fused-ring (bicyclic) bond motifs is 2. The molecule has 3 aliphatic carbocycles. The van der Waals surface area contributed by atoms with E-state index >= 15 is 0 Å². The highest BCUT2D eigenvalue weighted by Crippen LogP contribution is 2.42. The molecule has 0 atom stereocenters. The maximum Gasteiger partial charge on any atom is 0.243 e. The Labute approximate surface area is 325 Å². The second-order valence-electron chi connectivity index (χ2n) is 18.7. The van der Waals surface area contributed by atoms with Crippen LogP contribution in [-0.2, 0) is 20.0 Å². The molecule has 2 fully saturated rings. The molecule has 54 heavy (non-hydrogen) atoms. The molecule has 0 radical (unpaired) electrons. The van der Waals surface area contributed by atoms with Gasteiger partial charge in [0.05, 0.1) is 9.79 Å². The summed E-state index contributed by atoms with van der Waals surface area (Å²) in [6.45, 7) is 15.1. The molecule has 0 heterocycles. The van der Waals surface area contributed by atoms with E-state index in [1.54, 1.807) is 8.61 Å². The lowest BCUT2D eigenvalue weighted by atomic mass is 9.71. The first-order chi connectivity index (χ1) is 25.0. The van der Waals surface area contributed by atoms with Gasteiger partial charge in [0.1, 0.15) is 0 Å². The maximum absolute atomic E-state index is 14.5. The van der Waals surface area contributed by atoms with Crippen molar-refractivity contribution < 1.29 is 26.4 Å². The number of ketones is 2. The molecule has 2 saturated carbocycles. The van der Waals surface area contributed by atoms with Crippen LogP contribution in [0.25, 0.3) is 0 Å². The molecule has 2 aromatic carbocycles. The maximum atomic E-state index is 14.5. The quantitative estimate of drug-likeness (QED) is 0.198. The number of rotatable bonds is 12. The number of hydrogen-bond donors (Lipinski definition) is 0. The Bertz CT molecular complexity index is 1780. The van der Waals surface area contributed by atoms with Crippen LogP contribution in [0.4, 0.5) is 0 Å². The van der Waals surface area contributed by atoms with E-state index < -0.39 is 31.6 Å². The molecule has 0 aliphatic heterocycles. The van der Waals surface area contributed by atoms with Crippen LogP contribution in [0, 0.1) is 22.7 Å². The topological polar surface area (TPSA) is 115 Å². The van der Waals surface area contributed by atoms with Crippen LogP contribution < -0.4 is 0 Å². The standard InChI is InChI=1S/C42H64N4O6S2/c1-41(2,3)29-11-15-31(16-12-29)45(25-23-43(7)8)53(49,50)33-19-21-35-37(27-33)40(48)38-28-34(20-22-36(38)39(35)47)54(51,52)46(26-24-44(9)10)32-17-13-30(14-18-32)42(4,5)6/h19-22,27-32H,11-18,23-26H2,1-10H3. The van der Waals surface area contributed by atoms with Gasteiger partial charge in [-0.3, -0.25) is 9.59 Å². The van der Waals surface area contributed by atoms with Crippen molar-refractivity contribution in [1.29, 1.82) is 0 Å². The minimum Gasteiger partial charge on any atom is -0.308 e. The molecule has 0 bridgehead atoms. The largest absolute Gasteiger partial charge is 0.308 e. The zero-order chi connectivity index (χ0) is 40.0. The average Bonchev–Trinajstić information content (AvgIpc) is 3.09. The van der Waals surface area contributed by atoms with E-state index in [0.717, 1.165) is 51.4 Å². The average molecular weight is 785 g/mol. The summed E-state index contributed by atoms with van der Waals surface area (Å²) in [6, 6.07) is 8.06. The van der Waals surface area contributed by atoms with Gasteiger partial charge in [0.2, 0.25) is 20.0 Å². The number of hydrogen-bond acceptors (Lipinski definition) is 8. The Morgan fingerprint density at radius 3 is 1.11 bits per heavy atom. The summed E-state index contributed by atoms with van der Waals surface area (Å²) in [5.41, 5.74) is 0.505. The van der Waals surface area contributed by atoms with Crippen molar-refractivity contribution in [3.05, 3.63) is 58.7 Å². The molecule has 0 amide bonds. The van der Waals surface area contributed by atoms with E-state index in [1.807, 2.05) is 38.0 Å². The van der Waals surface area contributed by atoms with Gasteiger partial charge in [0.15, 0.2) is 11.6 Å². The second kappa shape index (κ2) is 16.2. The summed E-state index contributed by atoms with van der Waals surface area (Å²) in [5, 5.41) is 0. The van der Waals surface area contributed by atoms with Crippen LogP contribution in [0.5, 0.6) is 0 Å². The van der Waals surface area contributed by atoms with Crippen LogP contribution in [0.2, 0.25) is 0 Å². The minimum atomic E-state index is -4.05. The molecule has 300 valence electrons. The van der Waals surface area contributed by atoms with Crippen LogP contribution in [0.15, 0.2) is 46.2 Å². The highest BCUT2D eigenvalue weighted by molar-refractivity contribution is 7.89. The fourth-order valence-electron chi connectivity index (χ4n) is 8.76. The van der Waals surface area contributed by atoms with Crippen molar-refractivity contribution in [1.82, 2.24) is 18.4 Å². The third-order valence-electron chi connectivity index (χ3n) is 12.4. The first-order valence-corrected chi connectivity index (χ1v) is 22.6. The predicted molar refractivity (Wildman–Crippen MR) is 215 cm³/mol. The van der Waals surface area contributed by atoms with Crippen LogP contribution >= 0.6 is 0 Å². The predicted octanol–water partition coefficient (Wildman–Crippen LogP) is 6.78. The Balaban J connectivity index is 1.46. The number of sulfonamides is 2. The van der Waals surface area contributed by atoms with Crippen molar-refractivity contribution in [2.75, 3.05) is 54.4 Å². The number of nitrogens with zero attached hydrogens (tertiary/aromatic N) is 4. The summed E-state index contributed by atoms with van der Waals surface area (Å²) < 4.78 is 61.0. The van der Waals surface area contributed by atoms with E-state index in [2.05, 4.69) is 41.5 Å². The Hall–Kier alpha value is -2.48. The van der Waals surface area contributed by atoms with Gasteiger partial charge < -0.3 is 9.80 Å². The fraction of sp³-hybridized carbons (Fsp3) is 0.667. The molecule has 0 N–H and O–H groups in total. The van der Waals surface area contributed by atoms with Gasteiger partial charge in [0.25, 0.3) is 0 Å². The SMILES string of the molecule is CN(C)CCN(C1CCC(C(C)(C)C)CC1)S(=O)(=O)c1ccc2c(c1)C(=O)c1cc(S(=O)(=O)N(CCN(C)C)C3CCC(C(C)(C)C)CC3)ccc1C2=O. The lowest BCUT2D eigenvalue weighted by Gasteiger charge is -2.41. The normalized spacial score (nSPS) is 23.0. The van der Waals surface area contributed by atoms with Crippen molar-refractivity contribution in [3.8, 4) is 0 Å². The van der Waals surface area contributed by atoms with Crippen molar-refractivity contribution >= 4 is 31.6 Å². The van der Waals surface area contributed by atoms with E-state index in [9.17, 15) is 26.4 Å². The number of carbonyl (C=O) groups is 2. The summed E-state index contributed by atoms with van der Waals surface area (Å²) in [4.78, 5) is 31.9. The summed E-state index contributed by atoms with van der Waals surface area (Å²) in [7, 11) is -0.444. The van der Waals surface area contributed by atoms with E-state index in [4.69, 9.17) is 0 Å². The number of carbonyl (C=O) groups excluding carboxylic acids is 2. The first kappa shape index (κ1) is 42.7. The zero-order valence-corrected chi connectivity index (χ0v) is 35.9. The Morgan fingerprint density at radius 2 is 0.815 bits per heavy atom. The third-order valence-corrected chi connectivity index (χ3v) is 16.3. The summed E-state index contributed by atoms with van der Waals surface area (Å²) >= 11 is 0. The van der Waals surface area contributed by atoms with E-state index in [-0.39, 0.29) is 55.0 Å². The molecule has 5 rings (SSSR count).